The van der Waals surface area contributed by atoms with Gasteiger partial charge in [-0.25, -0.2) is 4.98 Å². The quantitative estimate of drug-likeness (QED) is 0.743. The van der Waals surface area contributed by atoms with Crippen molar-refractivity contribution in [3.63, 3.8) is 0 Å². The molecule has 0 spiro atoms. The van der Waals surface area contributed by atoms with Gasteiger partial charge in [-0.3, -0.25) is 9.36 Å². The van der Waals surface area contributed by atoms with Gasteiger partial charge in [-0.15, -0.1) is 0 Å². The van der Waals surface area contributed by atoms with Gasteiger partial charge in [0.1, 0.15) is 0 Å². The summed E-state index contributed by atoms with van der Waals surface area (Å²) in [6.07, 6.45) is 2.44. The third kappa shape index (κ3) is 2.37. The fraction of sp³-hybridized carbons (Fsp3) is 0.143. The fourth-order valence-corrected chi connectivity index (χ4v) is 2.72. The van der Waals surface area contributed by atoms with Gasteiger partial charge in [0, 0.05) is 12.2 Å². The molecule has 0 aliphatic heterocycles. The van der Waals surface area contributed by atoms with E-state index in [4.69, 9.17) is 5.73 Å². The van der Waals surface area contributed by atoms with Gasteiger partial charge in [-0.2, -0.15) is 11.3 Å². The number of aryl methyl sites for hydroxylation is 2. The van der Waals surface area contributed by atoms with Gasteiger partial charge in [0.05, 0.1) is 17.2 Å². The predicted octanol–water partition coefficient (Wildman–Crippen LogP) is 2.28. The van der Waals surface area contributed by atoms with Crippen molar-refractivity contribution in [3.05, 3.63) is 57.3 Å². The first kappa shape index (κ1) is 11.9. The van der Waals surface area contributed by atoms with Gasteiger partial charge in [0.2, 0.25) is 0 Å². The van der Waals surface area contributed by atoms with Gasteiger partial charge >= 0.3 is 0 Å². The lowest BCUT2D eigenvalue weighted by atomic mass is 10.2. The zero-order valence-electron chi connectivity index (χ0n) is 10.2. The summed E-state index contributed by atoms with van der Waals surface area (Å²) in [4.78, 5) is 16.6. The maximum Gasteiger partial charge on any atom is 0.261 e. The fourth-order valence-electron chi connectivity index (χ4n) is 2.02. The SMILES string of the molecule is Nc1ccc2ncn(CCc3ccsc3)c(=O)c2c1. The molecule has 0 fully saturated rings. The molecule has 0 aliphatic carbocycles. The number of thiophene rings is 1. The average molecular weight is 271 g/mol. The number of benzene rings is 1. The Labute approximate surface area is 114 Å². The Morgan fingerprint density at radius 2 is 2.21 bits per heavy atom. The molecule has 0 unspecified atom stereocenters. The van der Waals surface area contributed by atoms with E-state index in [-0.39, 0.29) is 5.56 Å². The zero-order chi connectivity index (χ0) is 13.2. The molecular weight excluding hydrogens is 258 g/mol. The second-order valence-electron chi connectivity index (χ2n) is 4.40. The van der Waals surface area contributed by atoms with E-state index in [1.807, 2.05) is 5.38 Å². The topological polar surface area (TPSA) is 60.9 Å². The molecule has 0 bridgehead atoms. The number of fused-ring (bicyclic) bond motifs is 1. The Morgan fingerprint density at radius 3 is 3.00 bits per heavy atom. The Morgan fingerprint density at radius 1 is 1.32 bits per heavy atom. The van der Waals surface area contributed by atoms with Gasteiger partial charge in [0.25, 0.3) is 5.56 Å². The largest absolute Gasteiger partial charge is 0.399 e. The molecule has 0 saturated carbocycles. The van der Waals surface area contributed by atoms with Crippen LogP contribution in [0.5, 0.6) is 0 Å². The normalized spacial score (nSPS) is 10.9. The Balaban J connectivity index is 1.96. The molecule has 5 heteroatoms. The highest BCUT2D eigenvalue weighted by Gasteiger charge is 2.04. The lowest BCUT2D eigenvalue weighted by Gasteiger charge is -2.06. The monoisotopic (exact) mass is 271 g/mol. The number of hydrogen-bond donors (Lipinski definition) is 1. The number of hydrogen-bond acceptors (Lipinski definition) is 4. The van der Waals surface area contributed by atoms with Crippen molar-refractivity contribution in [2.45, 2.75) is 13.0 Å². The molecule has 2 N–H and O–H groups in total. The van der Waals surface area contributed by atoms with E-state index < -0.39 is 0 Å². The lowest BCUT2D eigenvalue weighted by molar-refractivity contribution is 0.663. The van der Waals surface area contributed by atoms with Crippen LogP contribution in [0.1, 0.15) is 5.56 Å². The minimum absolute atomic E-state index is 0.0347. The lowest BCUT2D eigenvalue weighted by Crippen LogP contribution is -2.21. The van der Waals surface area contributed by atoms with Crippen molar-refractivity contribution in [3.8, 4) is 0 Å². The summed E-state index contributed by atoms with van der Waals surface area (Å²) in [5.41, 5.74) is 8.20. The number of nitrogens with zero attached hydrogens (tertiary/aromatic N) is 2. The molecule has 3 aromatic rings. The van der Waals surface area contributed by atoms with Gasteiger partial charge in [0.15, 0.2) is 0 Å². The second-order valence-corrected chi connectivity index (χ2v) is 5.18. The van der Waals surface area contributed by atoms with Crippen molar-refractivity contribution in [2.75, 3.05) is 5.73 Å². The van der Waals surface area contributed by atoms with E-state index in [0.717, 1.165) is 6.42 Å². The molecule has 19 heavy (non-hydrogen) atoms. The standard InChI is InChI=1S/C14H13N3OS/c15-11-1-2-13-12(7-11)14(18)17(9-16-13)5-3-10-4-6-19-8-10/h1-2,4,6-9H,3,5,15H2. The molecule has 0 amide bonds. The van der Waals surface area contributed by atoms with Crippen LogP contribution in [0.4, 0.5) is 5.69 Å². The average Bonchev–Trinajstić information content (AvgIpc) is 2.92. The molecule has 4 nitrogen and oxygen atoms in total. The number of rotatable bonds is 3. The highest BCUT2D eigenvalue weighted by atomic mass is 32.1. The van der Waals surface area contributed by atoms with Crippen molar-refractivity contribution < 1.29 is 0 Å². The molecule has 3 rings (SSSR count). The first-order valence-electron chi connectivity index (χ1n) is 6.00. The number of anilines is 1. The summed E-state index contributed by atoms with van der Waals surface area (Å²) in [6, 6.07) is 7.29. The first-order valence-corrected chi connectivity index (χ1v) is 6.94. The predicted molar refractivity (Wildman–Crippen MR) is 78.4 cm³/mol. The summed E-state index contributed by atoms with van der Waals surface area (Å²) < 4.78 is 1.64. The van der Waals surface area contributed by atoms with Gasteiger partial charge in [-0.1, -0.05) is 0 Å². The zero-order valence-corrected chi connectivity index (χ0v) is 11.1. The molecule has 0 aliphatic rings. The van der Waals surface area contributed by atoms with E-state index >= 15 is 0 Å². The molecule has 0 saturated heterocycles. The molecule has 0 atom stereocenters. The third-order valence-corrected chi connectivity index (χ3v) is 3.80. The van der Waals surface area contributed by atoms with E-state index in [2.05, 4.69) is 16.4 Å². The highest BCUT2D eigenvalue weighted by Crippen LogP contribution is 2.11. The highest BCUT2D eigenvalue weighted by molar-refractivity contribution is 7.07. The van der Waals surface area contributed by atoms with Crippen molar-refractivity contribution >= 4 is 27.9 Å². The van der Waals surface area contributed by atoms with Crippen LogP contribution in [-0.2, 0) is 13.0 Å². The van der Waals surface area contributed by atoms with Gasteiger partial charge in [-0.05, 0) is 47.0 Å². The van der Waals surface area contributed by atoms with Crippen LogP contribution >= 0.6 is 11.3 Å². The van der Waals surface area contributed by atoms with Crippen LogP contribution < -0.4 is 11.3 Å². The number of aromatic nitrogens is 2. The van der Waals surface area contributed by atoms with Crippen LogP contribution in [0.15, 0.2) is 46.1 Å². The smallest absolute Gasteiger partial charge is 0.261 e. The molecule has 0 radical (unpaired) electrons. The molecule has 1 aromatic carbocycles. The van der Waals surface area contributed by atoms with Crippen LogP contribution in [0.3, 0.4) is 0 Å². The van der Waals surface area contributed by atoms with Crippen LogP contribution in [0.25, 0.3) is 10.9 Å². The van der Waals surface area contributed by atoms with E-state index in [1.165, 1.54) is 5.56 Å². The van der Waals surface area contributed by atoms with E-state index in [1.54, 1.807) is 40.4 Å². The summed E-state index contributed by atoms with van der Waals surface area (Å²) >= 11 is 1.66. The molecule has 2 heterocycles. The molecular formula is C14H13N3OS. The number of nitrogens with two attached hydrogens (primary N) is 1. The Kier molecular flexibility index (Phi) is 3.05. The van der Waals surface area contributed by atoms with E-state index in [0.29, 0.717) is 23.1 Å². The summed E-state index contributed by atoms with van der Waals surface area (Å²) in [7, 11) is 0. The second kappa shape index (κ2) is 4.85. The summed E-state index contributed by atoms with van der Waals surface area (Å²) in [5.74, 6) is 0. The van der Waals surface area contributed by atoms with Crippen molar-refractivity contribution in [1.82, 2.24) is 9.55 Å². The maximum atomic E-state index is 12.3. The molecule has 2 aromatic heterocycles. The minimum atomic E-state index is -0.0347. The van der Waals surface area contributed by atoms with E-state index in [9.17, 15) is 4.79 Å². The first-order chi connectivity index (χ1) is 9.24. The summed E-state index contributed by atoms with van der Waals surface area (Å²) in [5, 5.41) is 4.71. The van der Waals surface area contributed by atoms with Crippen LogP contribution in [0.2, 0.25) is 0 Å². The number of nitrogen functional groups attached to an aromatic ring is 1. The molecule has 96 valence electrons. The maximum absolute atomic E-state index is 12.3. The van der Waals surface area contributed by atoms with Crippen LogP contribution in [0, 0.1) is 0 Å². The Hall–Kier alpha value is -2.14. The Bertz CT molecular complexity index is 762. The summed E-state index contributed by atoms with van der Waals surface area (Å²) in [6.45, 7) is 0.632. The van der Waals surface area contributed by atoms with Crippen LogP contribution in [-0.4, -0.2) is 9.55 Å². The van der Waals surface area contributed by atoms with Crippen molar-refractivity contribution in [2.24, 2.45) is 0 Å². The minimum Gasteiger partial charge on any atom is -0.399 e. The van der Waals surface area contributed by atoms with Crippen molar-refractivity contribution in [1.29, 1.82) is 0 Å². The van der Waals surface area contributed by atoms with Gasteiger partial charge < -0.3 is 5.73 Å². The third-order valence-electron chi connectivity index (χ3n) is 3.07.